The van der Waals surface area contributed by atoms with Gasteiger partial charge in [-0.3, -0.25) is 4.90 Å². The highest BCUT2D eigenvalue weighted by Crippen LogP contribution is 2.37. The first kappa shape index (κ1) is 19.6. The number of fused-ring (bicyclic) bond motifs is 1. The van der Waals surface area contributed by atoms with Crippen LogP contribution in [0, 0.1) is 0 Å². The number of rotatable bonds is 8. The number of ether oxygens (including phenoxy) is 4. The van der Waals surface area contributed by atoms with Crippen LogP contribution in [0.5, 0.6) is 23.0 Å². The Hall–Kier alpha value is -2.15. The molecule has 0 bridgehead atoms. The van der Waals surface area contributed by atoms with Gasteiger partial charge < -0.3 is 24.1 Å². The van der Waals surface area contributed by atoms with Crippen molar-refractivity contribution in [2.75, 3.05) is 27.6 Å². The molecule has 0 saturated heterocycles. The Kier molecular flexibility index (Phi) is 6.31. The van der Waals surface area contributed by atoms with Gasteiger partial charge in [-0.15, -0.1) is 0 Å². The summed E-state index contributed by atoms with van der Waals surface area (Å²) in [5.41, 5.74) is 1.97. The van der Waals surface area contributed by atoms with E-state index in [-0.39, 0.29) is 6.79 Å². The van der Waals surface area contributed by atoms with E-state index in [1.165, 1.54) is 0 Å². The van der Waals surface area contributed by atoms with Gasteiger partial charge in [0.25, 0.3) is 0 Å². The zero-order chi connectivity index (χ0) is 19.4. The molecule has 146 valence electrons. The summed E-state index contributed by atoms with van der Waals surface area (Å²) < 4.78 is 21.5. The van der Waals surface area contributed by atoms with Gasteiger partial charge >= 0.3 is 0 Å². The summed E-state index contributed by atoms with van der Waals surface area (Å²) in [5, 5.41) is 10.5. The van der Waals surface area contributed by atoms with Crippen molar-refractivity contribution in [1.82, 2.24) is 4.90 Å². The Morgan fingerprint density at radius 2 is 1.78 bits per heavy atom. The first-order valence-corrected chi connectivity index (χ1v) is 9.07. The minimum absolute atomic E-state index is 0.206. The topological polar surface area (TPSA) is 60.4 Å². The molecule has 1 heterocycles. The van der Waals surface area contributed by atoms with Crippen molar-refractivity contribution in [2.45, 2.75) is 26.1 Å². The van der Waals surface area contributed by atoms with E-state index in [1.54, 1.807) is 27.2 Å². The maximum absolute atomic E-state index is 9.92. The standard InChI is InChI=1S/C20H24ClNO5/c1-13(23)9-22(10-14-4-5-17(24-2)18(6-14)25-3)11-15-7-19-20(8-16(15)21)27-12-26-19/h4-8,13,23H,9-12H2,1-3H3. The molecule has 1 N–H and O–H groups in total. The summed E-state index contributed by atoms with van der Waals surface area (Å²) in [6, 6.07) is 9.47. The maximum Gasteiger partial charge on any atom is 0.231 e. The average Bonchev–Trinajstić information content (AvgIpc) is 3.08. The van der Waals surface area contributed by atoms with Crippen molar-refractivity contribution in [3.05, 3.63) is 46.5 Å². The van der Waals surface area contributed by atoms with Crippen molar-refractivity contribution in [3.63, 3.8) is 0 Å². The van der Waals surface area contributed by atoms with Gasteiger partial charge in [0.2, 0.25) is 6.79 Å². The van der Waals surface area contributed by atoms with E-state index in [0.29, 0.717) is 47.7 Å². The summed E-state index contributed by atoms with van der Waals surface area (Å²) >= 11 is 6.42. The second kappa shape index (κ2) is 8.69. The average molecular weight is 394 g/mol. The molecule has 6 nitrogen and oxygen atoms in total. The molecule has 1 aliphatic heterocycles. The smallest absolute Gasteiger partial charge is 0.231 e. The minimum atomic E-state index is -0.474. The lowest BCUT2D eigenvalue weighted by atomic mass is 10.1. The molecular formula is C20H24ClNO5. The third-order valence-electron chi connectivity index (χ3n) is 4.31. The highest BCUT2D eigenvalue weighted by atomic mass is 35.5. The van der Waals surface area contributed by atoms with E-state index in [9.17, 15) is 5.11 Å². The summed E-state index contributed by atoms with van der Waals surface area (Å²) in [5.74, 6) is 2.71. The van der Waals surface area contributed by atoms with Crippen molar-refractivity contribution < 1.29 is 24.1 Å². The second-order valence-electron chi connectivity index (χ2n) is 6.50. The largest absolute Gasteiger partial charge is 0.493 e. The summed E-state index contributed by atoms with van der Waals surface area (Å²) in [7, 11) is 3.22. The molecule has 0 aromatic heterocycles. The van der Waals surface area contributed by atoms with Crippen LogP contribution in [-0.2, 0) is 13.1 Å². The lowest BCUT2D eigenvalue weighted by molar-refractivity contribution is 0.118. The molecular weight excluding hydrogens is 370 g/mol. The lowest BCUT2D eigenvalue weighted by Gasteiger charge is -2.25. The van der Waals surface area contributed by atoms with Crippen LogP contribution in [0.3, 0.4) is 0 Å². The lowest BCUT2D eigenvalue weighted by Crippen LogP contribution is -2.30. The van der Waals surface area contributed by atoms with Gasteiger partial charge in [0.15, 0.2) is 23.0 Å². The second-order valence-corrected chi connectivity index (χ2v) is 6.91. The fourth-order valence-electron chi connectivity index (χ4n) is 3.12. The third-order valence-corrected chi connectivity index (χ3v) is 4.66. The van der Waals surface area contributed by atoms with E-state index >= 15 is 0 Å². The van der Waals surface area contributed by atoms with Gasteiger partial charge in [0.1, 0.15) is 0 Å². The molecule has 0 saturated carbocycles. The first-order valence-electron chi connectivity index (χ1n) is 8.69. The number of halogens is 1. The number of methoxy groups -OCH3 is 2. The summed E-state index contributed by atoms with van der Waals surface area (Å²) in [4.78, 5) is 2.12. The monoisotopic (exact) mass is 393 g/mol. The van der Waals surface area contributed by atoms with Crippen LogP contribution in [0.15, 0.2) is 30.3 Å². The fourth-order valence-corrected chi connectivity index (χ4v) is 3.33. The van der Waals surface area contributed by atoms with Crippen LogP contribution in [0.25, 0.3) is 0 Å². The molecule has 3 rings (SSSR count). The van der Waals surface area contributed by atoms with Crippen LogP contribution >= 0.6 is 11.6 Å². The zero-order valence-electron chi connectivity index (χ0n) is 15.7. The molecule has 7 heteroatoms. The minimum Gasteiger partial charge on any atom is -0.493 e. The van der Waals surface area contributed by atoms with Crippen LogP contribution in [0.4, 0.5) is 0 Å². The predicted molar refractivity (Wildman–Crippen MR) is 103 cm³/mol. The quantitative estimate of drug-likeness (QED) is 0.741. The molecule has 27 heavy (non-hydrogen) atoms. The van der Waals surface area contributed by atoms with E-state index in [4.69, 9.17) is 30.5 Å². The number of hydrogen-bond donors (Lipinski definition) is 1. The highest BCUT2D eigenvalue weighted by molar-refractivity contribution is 6.31. The molecule has 2 aromatic carbocycles. The first-order chi connectivity index (χ1) is 13.0. The van der Waals surface area contributed by atoms with Crippen molar-refractivity contribution in [2.24, 2.45) is 0 Å². The van der Waals surface area contributed by atoms with E-state index in [1.807, 2.05) is 24.3 Å². The third kappa shape index (κ3) is 4.77. The van der Waals surface area contributed by atoms with Crippen LogP contribution in [0.1, 0.15) is 18.1 Å². The van der Waals surface area contributed by atoms with E-state index in [2.05, 4.69) is 4.90 Å². The molecule has 0 aliphatic carbocycles. The molecule has 0 fully saturated rings. The SMILES string of the molecule is COc1ccc(CN(Cc2cc3c(cc2Cl)OCO3)CC(C)O)cc1OC. The summed E-state index contributed by atoms with van der Waals surface area (Å²) in [6.45, 7) is 3.66. The number of hydrogen-bond acceptors (Lipinski definition) is 6. The Balaban J connectivity index is 1.80. The molecule has 1 aliphatic rings. The van der Waals surface area contributed by atoms with Crippen molar-refractivity contribution in [1.29, 1.82) is 0 Å². The van der Waals surface area contributed by atoms with E-state index in [0.717, 1.165) is 11.1 Å². The van der Waals surface area contributed by atoms with Gasteiger partial charge in [-0.05, 0) is 36.2 Å². The number of nitrogens with zero attached hydrogens (tertiary/aromatic N) is 1. The van der Waals surface area contributed by atoms with Gasteiger partial charge in [-0.25, -0.2) is 0 Å². The van der Waals surface area contributed by atoms with Crippen LogP contribution in [0.2, 0.25) is 5.02 Å². The fraction of sp³-hybridized carbons (Fsp3) is 0.400. The van der Waals surface area contributed by atoms with Crippen LogP contribution in [-0.4, -0.2) is 43.7 Å². The van der Waals surface area contributed by atoms with Gasteiger partial charge in [-0.2, -0.15) is 0 Å². The molecule has 2 aromatic rings. The Bertz CT molecular complexity index is 796. The Labute approximate surface area is 164 Å². The van der Waals surface area contributed by atoms with Crippen LogP contribution < -0.4 is 18.9 Å². The molecule has 0 amide bonds. The van der Waals surface area contributed by atoms with Crippen molar-refractivity contribution in [3.8, 4) is 23.0 Å². The molecule has 0 radical (unpaired) electrons. The molecule has 0 spiro atoms. The summed E-state index contributed by atoms with van der Waals surface area (Å²) in [6.07, 6.45) is -0.474. The highest BCUT2D eigenvalue weighted by Gasteiger charge is 2.19. The number of benzene rings is 2. The zero-order valence-corrected chi connectivity index (χ0v) is 16.5. The number of aliphatic hydroxyl groups is 1. The van der Waals surface area contributed by atoms with E-state index < -0.39 is 6.10 Å². The van der Waals surface area contributed by atoms with Gasteiger partial charge in [-0.1, -0.05) is 17.7 Å². The number of aliphatic hydroxyl groups excluding tert-OH is 1. The van der Waals surface area contributed by atoms with Gasteiger partial charge in [0, 0.05) is 30.7 Å². The Morgan fingerprint density at radius 1 is 1.07 bits per heavy atom. The maximum atomic E-state index is 9.92. The molecule has 1 unspecified atom stereocenters. The molecule has 1 atom stereocenters. The van der Waals surface area contributed by atoms with Gasteiger partial charge in [0.05, 0.1) is 20.3 Å². The Morgan fingerprint density at radius 3 is 2.44 bits per heavy atom. The normalized spacial score (nSPS) is 13.7. The predicted octanol–water partition coefficient (Wildman–Crippen LogP) is 3.47. The van der Waals surface area contributed by atoms with Crippen molar-refractivity contribution >= 4 is 11.6 Å².